The van der Waals surface area contributed by atoms with Crippen LogP contribution >= 0.6 is 0 Å². The van der Waals surface area contributed by atoms with E-state index < -0.39 is 11.9 Å². The summed E-state index contributed by atoms with van der Waals surface area (Å²) in [4.78, 5) is 23.5. The first-order valence-corrected chi connectivity index (χ1v) is 8.93. The topological polar surface area (TPSA) is 96.9 Å². The number of hydrogen-bond acceptors (Lipinski definition) is 5. The molecule has 2 aromatic rings. The molecule has 0 fully saturated rings. The van der Waals surface area contributed by atoms with E-state index in [0.29, 0.717) is 11.3 Å². The second-order valence-electron chi connectivity index (χ2n) is 7.55. The van der Waals surface area contributed by atoms with Gasteiger partial charge in [-0.1, -0.05) is 24.3 Å². The molecule has 2 unspecified atom stereocenters. The fraction of sp³-hybridized carbons (Fsp3) is 0.333. The van der Waals surface area contributed by atoms with Gasteiger partial charge in [0.2, 0.25) is 5.91 Å². The van der Waals surface area contributed by atoms with Crippen molar-refractivity contribution in [2.45, 2.75) is 44.8 Å². The van der Waals surface area contributed by atoms with Crippen LogP contribution in [0.15, 0.2) is 58.8 Å². The van der Waals surface area contributed by atoms with Gasteiger partial charge in [-0.2, -0.15) is 10.2 Å². The number of fused-ring (bicyclic) bond motifs is 1. The SMILES string of the molecule is CC(=O)c1ccc(/N=N/C(C(N)=O)C2NC(C)(C)Cc3ccccc32)cc1. The van der Waals surface area contributed by atoms with Gasteiger partial charge in [-0.25, -0.2) is 0 Å². The molecule has 2 atom stereocenters. The molecular formula is C21H24N4O2. The summed E-state index contributed by atoms with van der Waals surface area (Å²) in [5, 5.41) is 11.9. The molecule has 140 valence electrons. The second kappa shape index (κ2) is 7.40. The number of carbonyl (C=O) groups excluding carboxylic acids is 2. The van der Waals surface area contributed by atoms with Crippen LogP contribution in [0.3, 0.4) is 0 Å². The van der Waals surface area contributed by atoms with Gasteiger partial charge >= 0.3 is 0 Å². The Hall–Kier alpha value is -2.86. The van der Waals surface area contributed by atoms with E-state index in [2.05, 4.69) is 35.5 Å². The minimum absolute atomic E-state index is 0.0151. The zero-order valence-corrected chi connectivity index (χ0v) is 15.8. The van der Waals surface area contributed by atoms with Gasteiger partial charge in [0.1, 0.15) is 0 Å². The number of ketones is 1. The van der Waals surface area contributed by atoms with E-state index in [1.165, 1.54) is 12.5 Å². The molecular weight excluding hydrogens is 340 g/mol. The average molecular weight is 364 g/mol. The number of azo groups is 1. The van der Waals surface area contributed by atoms with Crippen molar-refractivity contribution in [3.63, 3.8) is 0 Å². The lowest BCUT2D eigenvalue weighted by atomic mass is 9.81. The highest BCUT2D eigenvalue weighted by Gasteiger charge is 2.38. The molecule has 0 bridgehead atoms. The summed E-state index contributed by atoms with van der Waals surface area (Å²) in [6, 6.07) is 13.6. The Morgan fingerprint density at radius 1 is 1.15 bits per heavy atom. The van der Waals surface area contributed by atoms with Crippen LogP contribution in [0.4, 0.5) is 5.69 Å². The molecule has 3 rings (SSSR count). The van der Waals surface area contributed by atoms with Crippen molar-refractivity contribution in [1.82, 2.24) is 5.32 Å². The Labute approximate surface area is 158 Å². The molecule has 1 aliphatic rings. The largest absolute Gasteiger partial charge is 0.368 e. The van der Waals surface area contributed by atoms with Crippen molar-refractivity contribution in [2.24, 2.45) is 16.0 Å². The van der Waals surface area contributed by atoms with Crippen LogP contribution in [0, 0.1) is 0 Å². The number of carbonyl (C=O) groups is 2. The van der Waals surface area contributed by atoms with Crippen LogP contribution in [0.2, 0.25) is 0 Å². The molecule has 1 aliphatic heterocycles. The fourth-order valence-corrected chi connectivity index (χ4v) is 3.45. The number of hydrogen-bond donors (Lipinski definition) is 2. The van der Waals surface area contributed by atoms with E-state index in [0.717, 1.165) is 12.0 Å². The van der Waals surface area contributed by atoms with Crippen molar-refractivity contribution >= 4 is 17.4 Å². The molecule has 0 aromatic heterocycles. The molecule has 0 saturated heterocycles. The maximum atomic E-state index is 12.2. The third-order valence-electron chi connectivity index (χ3n) is 4.75. The predicted octanol–water partition coefficient (Wildman–Crippen LogP) is 3.49. The lowest BCUT2D eigenvalue weighted by molar-refractivity contribution is -0.120. The first kappa shape index (κ1) is 18.9. The van der Waals surface area contributed by atoms with E-state index in [1.807, 2.05) is 18.2 Å². The Balaban J connectivity index is 1.91. The second-order valence-corrected chi connectivity index (χ2v) is 7.55. The zero-order chi connectivity index (χ0) is 19.6. The van der Waals surface area contributed by atoms with Gasteiger partial charge in [0, 0.05) is 11.1 Å². The normalized spacial score (nSPS) is 19.4. The monoisotopic (exact) mass is 364 g/mol. The molecule has 3 N–H and O–H groups in total. The molecule has 27 heavy (non-hydrogen) atoms. The summed E-state index contributed by atoms with van der Waals surface area (Å²) in [6.07, 6.45) is 0.856. The van der Waals surface area contributed by atoms with Gasteiger partial charge in [-0.3, -0.25) is 9.59 Å². The van der Waals surface area contributed by atoms with Crippen LogP contribution in [0.25, 0.3) is 0 Å². The Morgan fingerprint density at radius 2 is 1.81 bits per heavy atom. The fourth-order valence-electron chi connectivity index (χ4n) is 3.45. The smallest absolute Gasteiger partial charge is 0.246 e. The van der Waals surface area contributed by atoms with Gasteiger partial charge in [0.15, 0.2) is 11.8 Å². The van der Waals surface area contributed by atoms with Crippen LogP contribution in [0.5, 0.6) is 0 Å². The number of rotatable bonds is 5. The first-order valence-electron chi connectivity index (χ1n) is 8.93. The number of nitrogens with zero attached hydrogens (tertiary/aromatic N) is 2. The van der Waals surface area contributed by atoms with Crippen molar-refractivity contribution in [3.05, 3.63) is 65.2 Å². The summed E-state index contributed by atoms with van der Waals surface area (Å²) < 4.78 is 0. The molecule has 0 radical (unpaired) electrons. The van der Waals surface area contributed by atoms with Crippen molar-refractivity contribution in [3.8, 4) is 0 Å². The van der Waals surface area contributed by atoms with E-state index in [-0.39, 0.29) is 17.4 Å². The standard InChI is InChI=1S/C21H24N4O2/c1-13(26)14-8-10-16(11-9-14)24-25-19(20(22)27)18-17-7-5-4-6-15(17)12-21(2,3)23-18/h4-11,18-19,23H,12H2,1-3H3,(H2,22,27)/b25-24+. The predicted molar refractivity (Wildman–Crippen MR) is 104 cm³/mol. The molecule has 0 saturated carbocycles. The van der Waals surface area contributed by atoms with Crippen LogP contribution in [0.1, 0.15) is 48.3 Å². The molecule has 2 aromatic carbocycles. The number of nitrogens with two attached hydrogens (primary N) is 1. The Kier molecular flexibility index (Phi) is 5.19. The summed E-state index contributed by atoms with van der Waals surface area (Å²) in [5.74, 6) is -0.553. The van der Waals surface area contributed by atoms with Gasteiger partial charge in [0.05, 0.1) is 11.7 Å². The lowest BCUT2D eigenvalue weighted by Gasteiger charge is -2.40. The highest BCUT2D eigenvalue weighted by molar-refractivity contribution is 5.94. The highest BCUT2D eigenvalue weighted by atomic mass is 16.1. The van der Waals surface area contributed by atoms with E-state index in [9.17, 15) is 9.59 Å². The van der Waals surface area contributed by atoms with Crippen LogP contribution in [-0.4, -0.2) is 23.3 Å². The zero-order valence-electron chi connectivity index (χ0n) is 15.8. The number of primary amides is 1. The molecule has 1 amide bonds. The maximum absolute atomic E-state index is 12.2. The van der Waals surface area contributed by atoms with E-state index in [4.69, 9.17) is 5.73 Å². The van der Waals surface area contributed by atoms with Gasteiger partial charge in [0.25, 0.3) is 0 Å². The summed E-state index contributed by atoms with van der Waals surface area (Å²) >= 11 is 0. The Bertz CT molecular complexity index is 887. The van der Waals surface area contributed by atoms with Crippen LogP contribution < -0.4 is 11.1 Å². The highest BCUT2D eigenvalue weighted by Crippen LogP contribution is 2.33. The van der Waals surface area contributed by atoms with E-state index >= 15 is 0 Å². The summed E-state index contributed by atoms with van der Waals surface area (Å²) in [6.45, 7) is 5.69. The van der Waals surface area contributed by atoms with Crippen molar-refractivity contribution in [1.29, 1.82) is 0 Å². The van der Waals surface area contributed by atoms with Gasteiger partial charge in [-0.15, -0.1) is 0 Å². The number of nitrogens with one attached hydrogen (secondary N) is 1. The third kappa shape index (κ3) is 4.28. The van der Waals surface area contributed by atoms with Gasteiger partial charge < -0.3 is 11.1 Å². The average Bonchev–Trinajstić information content (AvgIpc) is 2.61. The molecule has 0 aliphatic carbocycles. The third-order valence-corrected chi connectivity index (χ3v) is 4.75. The number of benzene rings is 2. The van der Waals surface area contributed by atoms with Crippen molar-refractivity contribution < 1.29 is 9.59 Å². The minimum atomic E-state index is -0.835. The Morgan fingerprint density at radius 3 is 2.44 bits per heavy atom. The molecule has 6 nitrogen and oxygen atoms in total. The molecule has 1 heterocycles. The van der Waals surface area contributed by atoms with E-state index in [1.54, 1.807) is 24.3 Å². The number of amides is 1. The van der Waals surface area contributed by atoms with Crippen LogP contribution in [-0.2, 0) is 11.2 Å². The minimum Gasteiger partial charge on any atom is -0.368 e. The quantitative estimate of drug-likeness (QED) is 0.628. The lowest BCUT2D eigenvalue weighted by Crippen LogP contribution is -2.53. The number of Topliss-reactive ketones (excluding diaryl/α,β-unsaturated/α-hetero) is 1. The first-order chi connectivity index (χ1) is 12.8. The van der Waals surface area contributed by atoms with Crippen molar-refractivity contribution in [2.75, 3.05) is 0 Å². The molecule has 0 spiro atoms. The summed E-state index contributed by atoms with van der Waals surface area (Å²) in [5.41, 5.74) is 8.84. The maximum Gasteiger partial charge on any atom is 0.246 e. The molecule has 6 heteroatoms. The van der Waals surface area contributed by atoms with Gasteiger partial charge in [-0.05, 0) is 62.6 Å². The summed E-state index contributed by atoms with van der Waals surface area (Å²) in [7, 11) is 0.